The minimum atomic E-state index is -0.485. The molecule has 3 nitrogen and oxygen atoms in total. The molecule has 1 amide bonds. The lowest BCUT2D eigenvalue weighted by atomic mass is 10.1. The monoisotopic (exact) mass is 337 g/mol. The first kappa shape index (κ1) is 14.7. The number of amides is 1. The number of anilines is 1. The van der Waals surface area contributed by atoms with Gasteiger partial charge in [0.2, 0.25) is 0 Å². The Kier molecular flexibility index (Phi) is 4.87. The van der Waals surface area contributed by atoms with Crippen LogP contribution in [0.3, 0.4) is 0 Å². The molecule has 104 valence electrons. The van der Waals surface area contributed by atoms with Gasteiger partial charge in [-0.25, -0.2) is 4.39 Å². The minimum absolute atomic E-state index is 0.148. The molecule has 0 unspecified atom stereocenters. The lowest BCUT2D eigenvalue weighted by Gasteiger charge is -2.08. The van der Waals surface area contributed by atoms with Crippen molar-refractivity contribution in [3.8, 4) is 0 Å². The zero-order valence-electron chi connectivity index (χ0n) is 10.8. The van der Waals surface area contributed by atoms with Gasteiger partial charge in [0.05, 0.1) is 12.3 Å². The van der Waals surface area contributed by atoms with Gasteiger partial charge in [-0.15, -0.1) is 0 Å². The van der Waals surface area contributed by atoms with Gasteiger partial charge in [0, 0.05) is 17.1 Å². The second kappa shape index (κ2) is 6.63. The summed E-state index contributed by atoms with van der Waals surface area (Å²) in [7, 11) is 1.59. The molecule has 2 aromatic carbocycles. The van der Waals surface area contributed by atoms with Crippen LogP contribution in [0.1, 0.15) is 15.9 Å². The van der Waals surface area contributed by atoms with Crippen LogP contribution in [-0.4, -0.2) is 13.0 Å². The van der Waals surface area contributed by atoms with Crippen LogP contribution in [0.5, 0.6) is 0 Å². The molecule has 0 aliphatic heterocycles. The molecule has 0 saturated heterocycles. The van der Waals surface area contributed by atoms with E-state index in [1.165, 1.54) is 12.1 Å². The van der Waals surface area contributed by atoms with Crippen LogP contribution in [0.15, 0.2) is 46.9 Å². The van der Waals surface area contributed by atoms with Crippen LogP contribution >= 0.6 is 15.9 Å². The maximum absolute atomic E-state index is 13.7. The van der Waals surface area contributed by atoms with E-state index in [-0.39, 0.29) is 11.6 Å². The summed E-state index contributed by atoms with van der Waals surface area (Å²) in [5, 5.41) is 2.55. The third-order valence-electron chi connectivity index (χ3n) is 2.68. The number of halogens is 2. The standard InChI is InChI=1S/C15H13BrFNO2/c1-20-9-10-3-2-4-11(7-10)15(19)18-14-6-5-12(16)8-13(14)17/h2-8H,9H2,1H3,(H,18,19). The van der Waals surface area contributed by atoms with Crippen molar-refractivity contribution in [2.75, 3.05) is 12.4 Å². The van der Waals surface area contributed by atoms with Gasteiger partial charge in [-0.05, 0) is 35.9 Å². The van der Waals surface area contributed by atoms with Crippen molar-refractivity contribution in [3.63, 3.8) is 0 Å². The predicted octanol–water partition coefficient (Wildman–Crippen LogP) is 3.99. The molecule has 2 aromatic rings. The molecule has 0 saturated carbocycles. The fraction of sp³-hybridized carbons (Fsp3) is 0.133. The molecule has 5 heteroatoms. The van der Waals surface area contributed by atoms with E-state index >= 15 is 0 Å². The number of rotatable bonds is 4. The highest BCUT2D eigenvalue weighted by molar-refractivity contribution is 9.10. The second-order valence-electron chi connectivity index (χ2n) is 4.21. The minimum Gasteiger partial charge on any atom is -0.380 e. The Labute approximate surface area is 124 Å². The summed E-state index contributed by atoms with van der Waals surface area (Å²) < 4.78 is 19.3. The molecule has 20 heavy (non-hydrogen) atoms. The summed E-state index contributed by atoms with van der Waals surface area (Å²) in [6, 6.07) is 11.5. The molecule has 2 rings (SSSR count). The van der Waals surface area contributed by atoms with E-state index in [4.69, 9.17) is 4.74 Å². The van der Waals surface area contributed by atoms with E-state index in [1.807, 2.05) is 6.07 Å². The highest BCUT2D eigenvalue weighted by Crippen LogP contribution is 2.20. The van der Waals surface area contributed by atoms with Crippen LogP contribution in [0.25, 0.3) is 0 Å². The molecular formula is C15H13BrFNO2. The molecule has 0 atom stereocenters. The van der Waals surface area contributed by atoms with Crippen molar-refractivity contribution in [2.45, 2.75) is 6.61 Å². The normalized spacial score (nSPS) is 10.3. The number of carbonyl (C=O) groups is 1. The summed E-state index contributed by atoms with van der Waals surface area (Å²) in [6.45, 7) is 0.424. The van der Waals surface area contributed by atoms with Gasteiger partial charge in [0.1, 0.15) is 5.82 Å². The highest BCUT2D eigenvalue weighted by atomic mass is 79.9. The van der Waals surface area contributed by atoms with Crippen LogP contribution in [0.4, 0.5) is 10.1 Å². The highest BCUT2D eigenvalue weighted by Gasteiger charge is 2.10. The van der Waals surface area contributed by atoms with Gasteiger partial charge in [0.15, 0.2) is 0 Å². The maximum atomic E-state index is 13.7. The molecule has 0 spiro atoms. The lowest BCUT2D eigenvalue weighted by Crippen LogP contribution is -2.13. The third-order valence-corrected chi connectivity index (χ3v) is 3.17. The first-order valence-corrected chi connectivity index (χ1v) is 6.73. The number of carbonyl (C=O) groups excluding carboxylic acids is 1. The zero-order valence-corrected chi connectivity index (χ0v) is 12.4. The van der Waals surface area contributed by atoms with Crippen LogP contribution in [-0.2, 0) is 11.3 Å². The number of methoxy groups -OCH3 is 1. The van der Waals surface area contributed by atoms with Crippen molar-refractivity contribution < 1.29 is 13.9 Å². The Bertz CT molecular complexity index is 631. The van der Waals surface area contributed by atoms with Crippen LogP contribution in [0, 0.1) is 5.82 Å². The average molecular weight is 338 g/mol. The number of nitrogens with one attached hydrogen (secondary N) is 1. The first-order valence-electron chi connectivity index (χ1n) is 5.94. The van der Waals surface area contributed by atoms with E-state index in [9.17, 15) is 9.18 Å². The summed E-state index contributed by atoms with van der Waals surface area (Å²) in [4.78, 5) is 12.1. The van der Waals surface area contributed by atoms with Crippen molar-refractivity contribution in [1.29, 1.82) is 0 Å². The Balaban J connectivity index is 2.17. The fourth-order valence-corrected chi connectivity index (χ4v) is 2.09. The molecule has 0 aromatic heterocycles. The smallest absolute Gasteiger partial charge is 0.255 e. The molecule has 0 radical (unpaired) electrons. The lowest BCUT2D eigenvalue weighted by molar-refractivity contribution is 0.102. The van der Waals surface area contributed by atoms with Gasteiger partial charge in [-0.2, -0.15) is 0 Å². The molecule has 0 bridgehead atoms. The fourth-order valence-electron chi connectivity index (χ4n) is 1.75. The van der Waals surface area contributed by atoms with Crippen molar-refractivity contribution in [1.82, 2.24) is 0 Å². The maximum Gasteiger partial charge on any atom is 0.255 e. The average Bonchev–Trinajstić information content (AvgIpc) is 2.42. The Morgan fingerprint density at radius 1 is 1.30 bits per heavy atom. The number of hydrogen-bond donors (Lipinski definition) is 1. The molecule has 0 aliphatic carbocycles. The topological polar surface area (TPSA) is 38.3 Å². The summed E-state index contributed by atoms with van der Waals surface area (Å²) >= 11 is 3.17. The van der Waals surface area contributed by atoms with Crippen LogP contribution in [0.2, 0.25) is 0 Å². The molecule has 1 N–H and O–H groups in total. The van der Waals surface area contributed by atoms with Crippen molar-refractivity contribution in [2.24, 2.45) is 0 Å². The zero-order chi connectivity index (χ0) is 14.5. The van der Waals surface area contributed by atoms with E-state index in [1.54, 1.807) is 31.4 Å². The molecule has 0 heterocycles. The summed E-state index contributed by atoms with van der Waals surface area (Å²) in [5.74, 6) is -0.843. The molecular weight excluding hydrogens is 325 g/mol. The quantitative estimate of drug-likeness (QED) is 0.916. The Hall–Kier alpha value is -1.72. The van der Waals surface area contributed by atoms with Gasteiger partial charge in [0.25, 0.3) is 5.91 Å². The second-order valence-corrected chi connectivity index (χ2v) is 5.13. The number of hydrogen-bond acceptors (Lipinski definition) is 2. The SMILES string of the molecule is COCc1cccc(C(=O)Nc2ccc(Br)cc2F)c1. The van der Waals surface area contributed by atoms with E-state index in [0.717, 1.165) is 5.56 Å². The Morgan fingerprint density at radius 2 is 2.10 bits per heavy atom. The van der Waals surface area contributed by atoms with Gasteiger partial charge in [-0.3, -0.25) is 4.79 Å². The summed E-state index contributed by atoms with van der Waals surface area (Å²) in [6.07, 6.45) is 0. The van der Waals surface area contributed by atoms with E-state index < -0.39 is 5.82 Å². The van der Waals surface area contributed by atoms with Gasteiger partial charge < -0.3 is 10.1 Å². The largest absolute Gasteiger partial charge is 0.380 e. The third kappa shape index (κ3) is 3.65. The van der Waals surface area contributed by atoms with Crippen molar-refractivity contribution >= 4 is 27.5 Å². The van der Waals surface area contributed by atoms with Crippen LogP contribution < -0.4 is 5.32 Å². The van der Waals surface area contributed by atoms with Gasteiger partial charge in [-0.1, -0.05) is 28.1 Å². The predicted molar refractivity (Wildman–Crippen MR) is 79.2 cm³/mol. The number of benzene rings is 2. The van der Waals surface area contributed by atoms with E-state index in [0.29, 0.717) is 16.6 Å². The molecule has 0 aliphatic rings. The number of ether oxygens (including phenoxy) is 1. The first-order chi connectivity index (χ1) is 9.60. The van der Waals surface area contributed by atoms with E-state index in [2.05, 4.69) is 21.2 Å². The molecule has 0 fully saturated rings. The van der Waals surface area contributed by atoms with Crippen molar-refractivity contribution in [3.05, 3.63) is 63.9 Å². The van der Waals surface area contributed by atoms with Gasteiger partial charge >= 0.3 is 0 Å². The summed E-state index contributed by atoms with van der Waals surface area (Å²) in [5.41, 5.74) is 1.49. The Morgan fingerprint density at radius 3 is 2.80 bits per heavy atom.